The number of hydrogen-bond donors (Lipinski definition) is 1. The van der Waals surface area contributed by atoms with E-state index in [-0.39, 0.29) is 6.42 Å². The molecule has 0 aliphatic carbocycles. The zero-order valence-corrected chi connectivity index (χ0v) is 23.9. The normalized spacial score (nSPS) is 12.5. The van der Waals surface area contributed by atoms with Crippen molar-refractivity contribution in [3.63, 3.8) is 0 Å². The van der Waals surface area contributed by atoms with Gasteiger partial charge in [0.15, 0.2) is 0 Å². The first-order valence-corrected chi connectivity index (χ1v) is 14.1. The quantitative estimate of drug-likeness (QED) is 0.167. The number of aryl methyl sites for hydroxylation is 1. The summed E-state index contributed by atoms with van der Waals surface area (Å²) in [6.07, 6.45) is 0.769. The van der Waals surface area contributed by atoms with Gasteiger partial charge in [-0.15, -0.1) is 11.3 Å². The summed E-state index contributed by atoms with van der Waals surface area (Å²) in [5, 5.41) is 12.0. The molecule has 2 aromatic heterocycles. The Morgan fingerprint density at radius 2 is 1.68 bits per heavy atom. The van der Waals surface area contributed by atoms with E-state index in [0.29, 0.717) is 36.2 Å². The van der Waals surface area contributed by atoms with Crippen LogP contribution >= 0.6 is 11.3 Å². The molecular formula is C33H31NO6S. The summed E-state index contributed by atoms with van der Waals surface area (Å²) >= 11 is 1.71. The van der Waals surface area contributed by atoms with E-state index in [1.807, 2.05) is 49.4 Å². The van der Waals surface area contributed by atoms with Gasteiger partial charge in [0.2, 0.25) is 11.5 Å². The monoisotopic (exact) mass is 569 g/mol. The highest BCUT2D eigenvalue weighted by Crippen LogP contribution is 2.29. The Hall–Kier alpha value is -4.56. The highest BCUT2D eigenvalue weighted by molar-refractivity contribution is 7.13. The van der Waals surface area contributed by atoms with Gasteiger partial charge < -0.3 is 23.7 Å². The number of ether oxygens (including phenoxy) is 3. The molecule has 0 saturated carbocycles. The van der Waals surface area contributed by atoms with Crippen molar-refractivity contribution in [2.45, 2.75) is 32.3 Å². The van der Waals surface area contributed by atoms with Gasteiger partial charge >= 0.3 is 5.97 Å². The first-order valence-electron chi connectivity index (χ1n) is 13.2. The number of carboxylic acids is 1. The number of aromatic nitrogens is 1. The summed E-state index contributed by atoms with van der Waals surface area (Å²) in [6.45, 7) is 3.90. The van der Waals surface area contributed by atoms with E-state index in [0.717, 1.165) is 22.6 Å². The Bertz CT molecular complexity index is 1590. The topological polar surface area (TPSA) is 91.0 Å². The van der Waals surface area contributed by atoms with Crippen LogP contribution in [0.4, 0.5) is 0 Å². The van der Waals surface area contributed by atoms with E-state index < -0.39 is 11.6 Å². The van der Waals surface area contributed by atoms with Crippen molar-refractivity contribution >= 4 is 17.3 Å². The molecule has 8 heteroatoms. The fourth-order valence-corrected chi connectivity index (χ4v) is 5.18. The smallest absolute Gasteiger partial charge is 0.348 e. The van der Waals surface area contributed by atoms with E-state index in [2.05, 4.69) is 23.6 Å². The third kappa shape index (κ3) is 6.78. The molecule has 2 heterocycles. The van der Waals surface area contributed by atoms with Crippen LogP contribution in [0.3, 0.4) is 0 Å². The van der Waals surface area contributed by atoms with Crippen LogP contribution in [0.15, 0.2) is 94.7 Å². The second-order valence-electron chi connectivity index (χ2n) is 9.81. The Balaban J connectivity index is 1.17. The van der Waals surface area contributed by atoms with E-state index >= 15 is 0 Å². The summed E-state index contributed by atoms with van der Waals surface area (Å²) in [4.78, 5) is 18.0. The number of methoxy groups -OCH3 is 1. The van der Waals surface area contributed by atoms with Gasteiger partial charge in [-0.05, 0) is 72.8 Å². The maximum absolute atomic E-state index is 12.1. The molecule has 0 spiro atoms. The van der Waals surface area contributed by atoms with Gasteiger partial charge in [0.25, 0.3) is 0 Å². The minimum atomic E-state index is -1.46. The molecule has 210 valence electrons. The summed E-state index contributed by atoms with van der Waals surface area (Å²) in [5.41, 5.74) is 2.31. The summed E-state index contributed by atoms with van der Waals surface area (Å²) in [6, 6.07) is 26.6. The predicted molar refractivity (Wildman–Crippen MR) is 159 cm³/mol. The zero-order valence-electron chi connectivity index (χ0n) is 23.1. The Morgan fingerprint density at radius 1 is 0.951 bits per heavy atom. The van der Waals surface area contributed by atoms with Crippen molar-refractivity contribution in [2.75, 3.05) is 13.7 Å². The van der Waals surface area contributed by atoms with Crippen LogP contribution in [0.25, 0.3) is 21.9 Å². The van der Waals surface area contributed by atoms with Crippen LogP contribution in [0.2, 0.25) is 0 Å². The van der Waals surface area contributed by atoms with Crippen molar-refractivity contribution in [1.29, 1.82) is 0 Å². The van der Waals surface area contributed by atoms with Gasteiger partial charge in [0, 0.05) is 29.3 Å². The van der Waals surface area contributed by atoms with E-state index in [9.17, 15) is 9.90 Å². The Kier molecular flexibility index (Phi) is 8.40. The number of rotatable bonds is 12. The standard InChI is InChI=1S/C33H31NO6S/c1-22-29(34-31(39-22)25-13-11-24(12-14-25)30-8-5-19-41-30)17-18-38-26-15-9-23(10-16-26)21-33(2,32(35)36)40-28-7-4-6-27(20-28)37-3/h4-16,19-20H,17-18,21H2,1-3H3,(H,35,36). The summed E-state index contributed by atoms with van der Waals surface area (Å²) < 4.78 is 23.0. The average molecular weight is 570 g/mol. The number of carbonyl (C=O) groups is 1. The molecule has 0 saturated heterocycles. The maximum Gasteiger partial charge on any atom is 0.348 e. The molecule has 0 radical (unpaired) electrons. The third-order valence-corrected chi connectivity index (χ3v) is 7.66. The summed E-state index contributed by atoms with van der Waals surface area (Å²) in [7, 11) is 1.55. The highest BCUT2D eigenvalue weighted by atomic mass is 32.1. The summed E-state index contributed by atoms with van der Waals surface area (Å²) in [5.74, 6) is 2.02. The van der Waals surface area contributed by atoms with Crippen LogP contribution in [-0.2, 0) is 17.6 Å². The van der Waals surface area contributed by atoms with Gasteiger partial charge in [-0.3, -0.25) is 0 Å². The van der Waals surface area contributed by atoms with Gasteiger partial charge in [-0.1, -0.05) is 36.4 Å². The molecule has 7 nitrogen and oxygen atoms in total. The molecule has 41 heavy (non-hydrogen) atoms. The largest absolute Gasteiger partial charge is 0.497 e. The number of carboxylic acid groups (broad SMARTS) is 1. The lowest BCUT2D eigenvalue weighted by Gasteiger charge is -2.26. The van der Waals surface area contributed by atoms with Crippen molar-refractivity contribution < 1.29 is 28.5 Å². The lowest BCUT2D eigenvalue weighted by Crippen LogP contribution is -2.43. The van der Waals surface area contributed by atoms with E-state index in [1.165, 1.54) is 10.4 Å². The molecule has 1 atom stereocenters. The van der Waals surface area contributed by atoms with E-state index in [4.69, 9.17) is 23.6 Å². The number of oxazole rings is 1. The van der Waals surface area contributed by atoms with Crippen molar-refractivity contribution in [1.82, 2.24) is 4.98 Å². The molecular weight excluding hydrogens is 538 g/mol. The Morgan fingerprint density at radius 3 is 2.37 bits per heavy atom. The van der Waals surface area contributed by atoms with Gasteiger partial charge in [-0.2, -0.15) is 0 Å². The van der Waals surface area contributed by atoms with Crippen LogP contribution in [0.1, 0.15) is 23.9 Å². The lowest BCUT2D eigenvalue weighted by atomic mass is 9.96. The van der Waals surface area contributed by atoms with Gasteiger partial charge in [0.05, 0.1) is 19.4 Å². The molecule has 3 aromatic carbocycles. The Labute approximate surface area is 243 Å². The zero-order chi connectivity index (χ0) is 28.8. The molecule has 1 unspecified atom stereocenters. The number of nitrogens with zero attached hydrogens (tertiary/aromatic N) is 1. The predicted octanol–water partition coefficient (Wildman–Crippen LogP) is 7.47. The fraction of sp³-hybridized carbons (Fsp3) is 0.212. The number of thiophene rings is 1. The number of aliphatic carboxylic acids is 1. The first kappa shape index (κ1) is 28.0. The SMILES string of the molecule is COc1cccc(OC(C)(Cc2ccc(OCCc3nc(-c4ccc(-c5cccs5)cc4)oc3C)cc2)C(=O)O)c1. The lowest BCUT2D eigenvalue weighted by molar-refractivity contribution is -0.153. The molecule has 0 amide bonds. The van der Waals surface area contributed by atoms with E-state index in [1.54, 1.807) is 49.6 Å². The molecule has 5 rings (SSSR count). The van der Waals surface area contributed by atoms with Crippen molar-refractivity contribution in [2.24, 2.45) is 0 Å². The first-order chi connectivity index (χ1) is 19.8. The molecule has 5 aromatic rings. The second-order valence-corrected chi connectivity index (χ2v) is 10.8. The van der Waals surface area contributed by atoms with Crippen LogP contribution in [0.5, 0.6) is 17.2 Å². The second kappa shape index (κ2) is 12.3. The molecule has 0 bridgehead atoms. The third-order valence-electron chi connectivity index (χ3n) is 6.74. The van der Waals surface area contributed by atoms with Crippen molar-refractivity contribution in [3.05, 3.63) is 107 Å². The highest BCUT2D eigenvalue weighted by Gasteiger charge is 2.36. The minimum Gasteiger partial charge on any atom is -0.497 e. The van der Waals surface area contributed by atoms with Crippen LogP contribution < -0.4 is 14.2 Å². The molecule has 0 aliphatic heterocycles. The maximum atomic E-state index is 12.1. The average Bonchev–Trinajstić information content (AvgIpc) is 3.64. The van der Waals surface area contributed by atoms with Crippen molar-refractivity contribution in [3.8, 4) is 39.1 Å². The van der Waals surface area contributed by atoms with Gasteiger partial charge in [0.1, 0.15) is 23.0 Å². The minimum absolute atomic E-state index is 0.176. The fourth-order valence-electron chi connectivity index (χ4n) is 4.44. The molecule has 0 aliphatic rings. The van der Waals surface area contributed by atoms with Crippen LogP contribution in [0, 0.1) is 6.92 Å². The molecule has 1 N–H and O–H groups in total. The number of hydrogen-bond acceptors (Lipinski definition) is 7. The molecule has 0 fully saturated rings. The number of benzene rings is 3. The van der Waals surface area contributed by atoms with Gasteiger partial charge in [-0.25, -0.2) is 9.78 Å². The van der Waals surface area contributed by atoms with Crippen LogP contribution in [-0.4, -0.2) is 35.4 Å².